The second-order valence-corrected chi connectivity index (χ2v) is 7.71. The first-order chi connectivity index (χ1) is 13.1. The number of fused-ring (bicyclic) bond motifs is 1. The van der Waals surface area contributed by atoms with E-state index in [4.69, 9.17) is 14.6 Å². The standard InChI is InChI=1S/C21H25N3O2S/c1-13-10-14(2)19(18(11-13)25-3)16-6-5-7-17-20(21(27-4)23-24(16)17)22-12-15-8-9-26-15/h5-7,10-11,15,22H,8-9,12H2,1-4H3. The van der Waals surface area contributed by atoms with Crippen LogP contribution in [0.3, 0.4) is 0 Å². The van der Waals surface area contributed by atoms with Gasteiger partial charge in [0.2, 0.25) is 0 Å². The van der Waals surface area contributed by atoms with Crippen LogP contribution in [-0.2, 0) is 4.74 Å². The summed E-state index contributed by atoms with van der Waals surface area (Å²) in [5.41, 5.74) is 6.62. The van der Waals surface area contributed by atoms with Gasteiger partial charge < -0.3 is 14.8 Å². The summed E-state index contributed by atoms with van der Waals surface area (Å²) in [5, 5.41) is 9.44. The van der Waals surface area contributed by atoms with Crippen molar-refractivity contribution < 1.29 is 9.47 Å². The van der Waals surface area contributed by atoms with E-state index in [9.17, 15) is 0 Å². The third-order valence-corrected chi connectivity index (χ3v) is 5.71. The summed E-state index contributed by atoms with van der Waals surface area (Å²) >= 11 is 1.65. The van der Waals surface area contributed by atoms with Gasteiger partial charge >= 0.3 is 0 Å². The van der Waals surface area contributed by atoms with Gasteiger partial charge in [-0.2, -0.15) is 5.10 Å². The van der Waals surface area contributed by atoms with Crippen LogP contribution in [0.2, 0.25) is 0 Å². The molecule has 1 N–H and O–H groups in total. The van der Waals surface area contributed by atoms with E-state index in [0.717, 1.165) is 52.8 Å². The van der Waals surface area contributed by atoms with Gasteiger partial charge in [0.15, 0.2) is 0 Å². The molecule has 1 fully saturated rings. The van der Waals surface area contributed by atoms with Crippen LogP contribution >= 0.6 is 11.8 Å². The number of anilines is 1. The largest absolute Gasteiger partial charge is 0.496 e. The molecule has 6 heteroatoms. The molecule has 0 saturated carbocycles. The van der Waals surface area contributed by atoms with Crippen molar-refractivity contribution in [1.29, 1.82) is 0 Å². The third-order valence-electron chi connectivity index (χ3n) is 5.04. The molecule has 3 heterocycles. The lowest BCUT2D eigenvalue weighted by Crippen LogP contribution is -2.33. The van der Waals surface area contributed by atoms with Crippen molar-refractivity contribution in [2.45, 2.75) is 31.4 Å². The van der Waals surface area contributed by atoms with Crippen LogP contribution in [0.1, 0.15) is 17.5 Å². The van der Waals surface area contributed by atoms with Crippen LogP contribution in [0.4, 0.5) is 5.69 Å². The fourth-order valence-electron chi connectivity index (χ4n) is 3.63. The molecule has 1 aliphatic heterocycles. The van der Waals surface area contributed by atoms with Crippen LogP contribution in [0.25, 0.3) is 16.8 Å². The van der Waals surface area contributed by atoms with Crippen molar-refractivity contribution in [2.24, 2.45) is 0 Å². The van der Waals surface area contributed by atoms with Crippen molar-refractivity contribution in [3.63, 3.8) is 0 Å². The van der Waals surface area contributed by atoms with Crippen LogP contribution in [0.5, 0.6) is 5.75 Å². The zero-order valence-corrected chi connectivity index (χ0v) is 17.0. The molecule has 1 aliphatic rings. The number of ether oxygens (including phenoxy) is 2. The average Bonchev–Trinajstić information content (AvgIpc) is 2.98. The molecule has 0 radical (unpaired) electrons. The number of hydrogen-bond donors (Lipinski definition) is 1. The van der Waals surface area contributed by atoms with E-state index in [1.54, 1.807) is 18.9 Å². The van der Waals surface area contributed by atoms with E-state index in [1.165, 1.54) is 11.1 Å². The first kappa shape index (κ1) is 18.2. The molecule has 1 unspecified atom stereocenters. The second-order valence-electron chi connectivity index (χ2n) is 6.91. The Balaban J connectivity index is 1.84. The smallest absolute Gasteiger partial charge is 0.142 e. The maximum atomic E-state index is 5.70. The SMILES string of the molecule is COc1cc(C)cc(C)c1-c1cccc2c(NCC3CCO3)c(SC)nn12. The number of aryl methyl sites for hydroxylation is 2. The van der Waals surface area contributed by atoms with Crippen molar-refractivity contribution in [3.05, 3.63) is 41.5 Å². The summed E-state index contributed by atoms with van der Waals surface area (Å²) in [6.07, 6.45) is 3.48. The van der Waals surface area contributed by atoms with Gasteiger partial charge in [0.05, 0.1) is 30.1 Å². The Bertz CT molecular complexity index is 979. The third kappa shape index (κ3) is 3.28. The monoisotopic (exact) mass is 383 g/mol. The van der Waals surface area contributed by atoms with Crippen molar-refractivity contribution >= 4 is 23.0 Å². The highest BCUT2D eigenvalue weighted by atomic mass is 32.2. The molecule has 5 nitrogen and oxygen atoms in total. The van der Waals surface area contributed by atoms with E-state index in [-0.39, 0.29) is 0 Å². The highest BCUT2D eigenvalue weighted by Gasteiger charge is 2.21. The molecule has 1 aromatic carbocycles. The zero-order valence-electron chi connectivity index (χ0n) is 16.2. The molecule has 0 aliphatic carbocycles. The number of nitrogens with one attached hydrogen (secondary N) is 1. The van der Waals surface area contributed by atoms with Crippen molar-refractivity contribution in [2.75, 3.05) is 31.8 Å². The lowest BCUT2D eigenvalue weighted by atomic mass is 10.0. The fraction of sp³-hybridized carbons (Fsp3) is 0.381. The topological polar surface area (TPSA) is 47.8 Å². The molecule has 0 amide bonds. The maximum absolute atomic E-state index is 5.70. The Labute approximate surface area is 164 Å². The van der Waals surface area contributed by atoms with Crippen LogP contribution in [0, 0.1) is 13.8 Å². The van der Waals surface area contributed by atoms with Gasteiger partial charge in [0, 0.05) is 18.7 Å². The minimum Gasteiger partial charge on any atom is -0.496 e. The number of nitrogens with zero attached hydrogens (tertiary/aromatic N) is 2. The molecule has 27 heavy (non-hydrogen) atoms. The summed E-state index contributed by atoms with van der Waals surface area (Å²) in [6.45, 7) is 5.89. The zero-order chi connectivity index (χ0) is 19.0. The second kappa shape index (κ2) is 7.44. The Morgan fingerprint density at radius 1 is 1.33 bits per heavy atom. The molecule has 0 spiro atoms. The van der Waals surface area contributed by atoms with Crippen LogP contribution in [0.15, 0.2) is 35.4 Å². The van der Waals surface area contributed by atoms with Crippen molar-refractivity contribution in [3.8, 4) is 17.0 Å². The minimum atomic E-state index is 0.303. The van der Waals surface area contributed by atoms with E-state index < -0.39 is 0 Å². The predicted molar refractivity (Wildman–Crippen MR) is 111 cm³/mol. The highest BCUT2D eigenvalue weighted by molar-refractivity contribution is 7.98. The Morgan fingerprint density at radius 2 is 2.15 bits per heavy atom. The van der Waals surface area contributed by atoms with Crippen molar-refractivity contribution in [1.82, 2.24) is 9.61 Å². The molecular formula is C21H25N3O2S. The Kier molecular flexibility index (Phi) is 5.02. The summed E-state index contributed by atoms with van der Waals surface area (Å²) < 4.78 is 13.3. The van der Waals surface area contributed by atoms with Gasteiger partial charge in [-0.15, -0.1) is 11.8 Å². The minimum absolute atomic E-state index is 0.303. The molecule has 3 aromatic rings. The fourth-order valence-corrected chi connectivity index (χ4v) is 4.17. The van der Waals surface area contributed by atoms with E-state index in [0.29, 0.717) is 6.10 Å². The number of methoxy groups -OCH3 is 1. The summed E-state index contributed by atoms with van der Waals surface area (Å²) in [7, 11) is 1.72. The number of rotatable bonds is 6. The normalized spacial score (nSPS) is 16.4. The molecule has 1 saturated heterocycles. The lowest BCUT2D eigenvalue weighted by molar-refractivity contribution is -0.0410. The van der Waals surface area contributed by atoms with Crippen LogP contribution in [-0.4, -0.2) is 42.2 Å². The van der Waals surface area contributed by atoms with Crippen LogP contribution < -0.4 is 10.1 Å². The predicted octanol–water partition coefficient (Wildman–Crippen LogP) is 4.55. The summed E-state index contributed by atoms with van der Waals surface area (Å²) in [5.74, 6) is 0.874. The van der Waals surface area contributed by atoms with E-state index in [2.05, 4.69) is 55.8 Å². The summed E-state index contributed by atoms with van der Waals surface area (Å²) in [6, 6.07) is 10.6. The van der Waals surface area contributed by atoms with Gasteiger partial charge in [-0.25, -0.2) is 4.52 Å². The number of aromatic nitrogens is 2. The molecule has 2 aromatic heterocycles. The average molecular weight is 384 g/mol. The molecular weight excluding hydrogens is 358 g/mol. The Morgan fingerprint density at radius 3 is 2.81 bits per heavy atom. The molecule has 0 bridgehead atoms. The van der Waals surface area contributed by atoms with E-state index >= 15 is 0 Å². The quantitative estimate of drug-likeness (QED) is 0.633. The molecule has 142 valence electrons. The number of thioether (sulfide) groups is 1. The summed E-state index contributed by atoms with van der Waals surface area (Å²) in [4.78, 5) is 0. The maximum Gasteiger partial charge on any atom is 0.142 e. The number of benzene rings is 1. The highest BCUT2D eigenvalue weighted by Crippen LogP contribution is 2.37. The lowest BCUT2D eigenvalue weighted by Gasteiger charge is -2.26. The van der Waals surface area contributed by atoms with Gasteiger partial charge in [-0.1, -0.05) is 12.1 Å². The number of pyridine rings is 1. The first-order valence-corrected chi connectivity index (χ1v) is 10.4. The van der Waals surface area contributed by atoms with Gasteiger partial charge in [-0.05, 0) is 55.9 Å². The molecule has 1 atom stereocenters. The molecule has 4 rings (SSSR count). The number of hydrogen-bond acceptors (Lipinski definition) is 5. The Hall–Kier alpha value is -2.18. The van der Waals surface area contributed by atoms with Gasteiger partial charge in [-0.3, -0.25) is 0 Å². The first-order valence-electron chi connectivity index (χ1n) is 9.19. The van der Waals surface area contributed by atoms with Gasteiger partial charge in [0.25, 0.3) is 0 Å². The van der Waals surface area contributed by atoms with E-state index in [1.807, 2.05) is 4.52 Å². The van der Waals surface area contributed by atoms with Gasteiger partial charge in [0.1, 0.15) is 10.8 Å².